The van der Waals surface area contributed by atoms with E-state index in [1.54, 1.807) is 4.90 Å². The minimum Gasteiger partial charge on any atom is -0.352 e. The molecule has 1 fully saturated rings. The summed E-state index contributed by atoms with van der Waals surface area (Å²) in [5.41, 5.74) is 2.41. The number of alkyl halides is 3. The van der Waals surface area contributed by atoms with Gasteiger partial charge in [-0.05, 0) is 43.3 Å². The normalized spacial score (nSPS) is 14.4. The molecule has 4 aromatic rings. The van der Waals surface area contributed by atoms with Crippen LogP contribution in [0.2, 0.25) is 0 Å². The minimum atomic E-state index is -4.43. The zero-order valence-electron chi connectivity index (χ0n) is 19.1. The first kappa shape index (κ1) is 22.8. The lowest BCUT2D eigenvalue weighted by Crippen LogP contribution is -2.49. The van der Waals surface area contributed by atoms with Crippen molar-refractivity contribution in [1.29, 1.82) is 0 Å². The van der Waals surface area contributed by atoms with E-state index in [4.69, 9.17) is 9.97 Å². The lowest BCUT2D eigenvalue weighted by molar-refractivity contribution is -0.137. The second kappa shape index (κ2) is 9.02. The molecular weight excluding hydrogens is 453 g/mol. The molecule has 1 aliphatic rings. The molecule has 0 bridgehead atoms. The predicted molar refractivity (Wildman–Crippen MR) is 129 cm³/mol. The van der Waals surface area contributed by atoms with Crippen molar-refractivity contribution in [3.63, 3.8) is 0 Å². The molecule has 0 radical (unpaired) electrons. The first-order valence-corrected chi connectivity index (χ1v) is 11.3. The molecular formula is C27H23F3N4O. The minimum absolute atomic E-state index is 0.251. The SMILES string of the molecule is Cc1ccc(-c2nc(N3CCN(C(=O)c4ccc(C(F)(F)F)cc4)CC3)c3ccccc3n2)cc1. The number of benzene rings is 3. The van der Waals surface area contributed by atoms with Crippen LogP contribution in [-0.4, -0.2) is 47.0 Å². The summed E-state index contributed by atoms with van der Waals surface area (Å²) in [7, 11) is 0. The zero-order chi connectivity index (χ0) is 24.6. The first-order chi connectivity index (χ1) is 16.8. The summed E-state index contributed by atoms with van der Waals surface area (Å²) < 4.78 is 38.5. The lowest BCUT2D eigenvalue weighted by atomic mass is 10.1. The number of hydrogen-bond acceptors (Lipinski definition) is 4. The summed E-state index contributed by atoms with van der Waals surface area (Å²) in [4.78, 5) is 26.3. The van der Waals surface area contributed by atoms with E-state index in [-0.39, 0.29) is 11.5 Å². The Morgan fingerprint density at radius 2 is 1.49 bits per heavy atom. The third-order valence-electron chi connectivity index (χ3n) is 6.22. The molecule has 178 valence electrons. The van der Waals surface area contributed by atoms with Crippen molar-refractivity contribution in [3.8, 4) is 11.4 Å². The summed E-state index contributed by atoms with van der Waals surface area (Å²) in [5, 5.41) is 0.936. The summed E-state index contributed by atoms with van der Waals surface area (Å²) in [6.45, 7) is 4.03. The Morgan fingerprint density at radius 3 is 2.14 bits per heavy atom. The lowest BCUT2D eigenvalue weighted by Gasteiger charge is -2.36. The Bertz CT molecular complexity index is 1360. The average Bonchev–Trinajstić information content (AvgIpc) is 2.88. The molecule has 0 spiro atoms. The van der Waals surface area contributed by atoms with E-state index in [0.717, 1.165) is 40.0 Å². The number of anilines is 1. The van der Waals surface area contributed by atoms with Crippen LogP contribution in [-0.2, 0) is 6.18 Å². The van der Waals surface area contributed by atoms with Gasteiger partial charge in [-0.15, -0.1) is 0 Å². The van der Waals surface area contributed by atoms with E-state index in [9.17, 15) is 18.0 Å². The van der Waals surface area contributed by atoms with Gasteiger partial charge in [0.15, 0.2) is 5.82 Å². The molecule has 1 amide bonds. The smallest absolute Gasteiger partial charge is 0.352 e. The van der Waals surface area contributed by atoms with Crippen LogP contribution in [0.1, 0.15) is 21.5 Å². The van der Waals surface area contributed by atoms with Gasteiger partial charge in [0.2, 0.25) is 0 Å². The van der Waals surface area contributed by atoms with Gasteiger partial charge in [0, 0.05) is 42.7 Å². The number of aromatic nitrogens is 2. The van der Waals surface area contributed by atoms with Gasteiger partial charge >= 0.3 is 6.18 Å². The number of carbonyl (C=O) groups excluding carboxylic acids is 1. The second-order valence-corrected chi connectivity index (χ2v) is 8.61. The number of carbonyl (C=O) groups is 1. The van der Waals surface area contributed by atoms with Crippen LogP contribution in [0.15, 0.2) is 72.8 Å². The maximum atomic E-state index is 12.9. The van der Waals surface area contributed by atoms with Crippen LogP contribution in [0.4, 0.5) is 19.0 Å². The predicted octanol–water partition coefficient (Wildman–Crippen LogP) is 5.59. The molecule has 0 N–H and O–H groups in total. The fourth-order valence-electron chi connectivity index (χ4n) is 4.24. The van der Waals surface area contributed by atoms with Crippen LogP contribution < -0.4 is 4.90 Å². The highest BCUT2D eigenvalue weighted by atomic mass is 19.4. The number of nitrogens with zero attached hydrogens (tertiary/aromatic N) is 4. The maximum Gasteiger partial charge on any atom is 0.416 e. The highest BCUT2D eigenvalue weighted by Crippen LogP contribution is 2.30. The molecule has 0 aliphatic carbocycles. The molecule has 1 saturated heterocycles. The van der Waals surface area contributed by atoms with Crippen LogP contribution in [0.3, 0.4) is 0 Å². The summed E-state index contributed by atoms with van der Waals surface area (Å²) in [6.07, 6.45) is -4.43. The van der Waals surface area contributed by atoms with Crippen molar-refractivity contribution < 1.29 is 18.0 Å². The molecule has 8 heteroatoms. The fraction of sp³-hybridized carbons (Fsp3) is 0.222. The number of halogens is 3. The highest BCUT2D eigenvalue weighted by molar-refractivity contribution is 5.95. The fourth-order valence-corrected chi connectivity index (χ4v) is 4.24. The van der Waals surface area contributed by atoms with Crippen molar-refractivity contribution in [2.45, 2.75) is 13.1 Å². The number of amides is 1. The molecule has 5 nitrogen and oxygen atoms in total. The Labute approximate surface area is 200 Å². The van der Waals surface area contributed by atoms with Gasteiger partial charge in [0.25, 0.3) is 5.91 Å². The number of fused-ring (bicyclic) bond motifs is 1. The first-order valence-electron chi connectivity index (χ1n) is 11.3. The molecule has 2 heterocycles. The van der Waals surface area contributed by atoms with Crippen LogP contribution in [0, 0.1) is 6.92 Å². The third kappa shape index (κ3) is 4.69. The van der Waals surface area contributed by atoms with Crippen LogP contribution in [0.5, 0.6) is 0 Å². The summed E-state index contributed by atoms with van der Waals surface area (Å²) >= 11 is 0. The molecule has 1 aromatic heterocycles. The number of hydrogen-bond donors (Lipinski definition) is 0. The van der Waals surface area contributed by atoms with Gasteiger partial charge in [-0.1, -0.05) is 42.0 Å². The Balaban J connectivity index is 1.37. The van der Waals surface area contributed by atoms with Gasteiger partial charge < -0.3 is 9.80 Å². The zero-order valence-corrected chi connectivity index (χ0v) is 19.1. The van der Waals surface area contributed by atoms with Crippen molar-refractivity contribution in [1.82, 2.24) is 14.9 Å². The largest absolute Gasteiger partial charge is 0.416 e. The van der Waals surface area contributed by atoms with E-state index in [1.807, 2.05) is 55.5 Å². The van der Waals surface area contributed by atoms with E-state index in [2.05, 4.69) is 4.90 Å². The van der Waals surface area contributed by atoms with Gasteiger partial charge in [-0.3, -0.25) is 4.79 Å². The molecule has 0 saturated carbocycles. The third-order valence-corrected chi connectivity index (χ3v) is 6.22. The molecule has 5 rings (SSSR count). The van der Waals surface area contributed by atoms with Gasteiger partial charge in [0.1, 0.15) is 5.82 Å². The second-order valence-electron chi connectivity index (χ2n) is 8.61. The Hall–Kier alpha value is -3.94. The number of para-hydroxylation sites is 1. The van der Waals surface area contributed by atoms with Crippen LogP contribution >= 0.6 is 0 Å². The topological polar surface area (TPSA) is 49.3 Å². The molecule has 3 aromatic carbocycles. The maximum absolute atomic E-state index is 12.9. The molecule has 0 unspecified atom stereocenters. The van der Waals surface area contributed by atoms with E-state index in [0.29, 0.717) is 32.0 Å². The van der Waals surface area contributed by atoms with Crippen LogP contribution in [0.25, 0.3) is 22.3 Å². The number of piperazine rings is 1. The van der Waals surface area contributed by atoms with Crippen molar-refractivity contribution in [2.75, 3.05) is 31.1 Å². The van der Waals surface area contributed by atoms with Crippen molar-refractivity contribution >= 4 is 22.6 Å². The standard InChI is InChI=1S/C27H23F3N4O/c1-18-6-8-19(9-7-18)24-31-23-5-3-2-4-22(23)25(32-24)33-14-16-34(17-15-33)26(35)20-10-12-21(13-11-20)27(28,29)30/h2-13H,14-17H2,1H3. The highest BCUT2D eigenvalue weighted by Gasteiger charge is 2.31. The molecule has 1 aliphatic heterocycles. The quantitative estimate of drug-likeness (QED) is 0.387. The molecule has 0 atom stereocenters. The van der Waals surface area contributed by atoms with Crippen molar-refractivity contribution in [2.24, 2.45) is 0 Å². The monoisotopic (exact) mass is 476 g/mol. The average molecular weight is 477 g/mol. The van der Waals surface area contributed by atoms with E-state index < -0.39 is 11.7 Å². The number of aryl methyl sites for hydroxylation is 1. The van der Waals surface area contributed by atoms with E-state index in [1.165, 1.54) is 12.1 Å². The summed E-state index contributed by atoms with van der Waals surface area (Å²) in [5.74, 6) is 1.18. The van der Waals surface area contributed by atoms with Crippen molar-refractivity contribution in [3.05, 3.63) is 89.5 Å². The molecule has 35 heavy (non-hydrogen) atoms. The Morgan fingerprint density at radius 1 is 0.829 bits per heavy atom. The van der Waals surface area contributed by atoms with E-state index >= 15 is 0 Å². The summed E-state index contributed by atoms with van der Waals surface area (Å²) in [6, 6.07) is 20.3. The van der Waals surface area contributed by atoms with Gasteiger partial charge in [0.05, 0.1) is 11.1 Å². The van der Waals surface area contributed by atoms with Gasteiger partial charge in [-0.25, -0.2) is 9.97 Å². The number of rotatable bonds is 3. The van der Waals surface area contributed by atoms with Gasteiger partial charge in [-0.2, -0.15) is 13.2 Å². The Kier molecular flexibility index (Phi) is 5.88.